The van der Waals surface area contributed by atoms with Gasteiger partial charge in [0.05, 0.1) is 13.0 Å². The lowest BCUT2D eigenvalue weighted by Gasteiger charge is -2.24. The maximum absolute atomic E-state index is 14.1. The molecule has 8 heteroatoms. The van der Waals surface area contributed by atoms with E-state index >= 15 is 0 Å². The SMILES string of the molecule is CON(C)C(=O)C(CNC(=O)OC(C)(C)C)c1cc(Cl)ccc1F. The molecule has 1 aromatic carbocycles. The number of amides is 2. The first kappa shape index (κ1) is 20.2. The minimum atomic E-state index is -1.01. The second-order valence-corrected chi connectivity index (χ2v) is 6.56. The van der Waals surface area contributed by atoms with Gasteiger partial charge in [0.2, 0.25) is 0 Å². The molecule has 1 rings (SSSR count). The molecule has 0 spiro atoms. The van der Waals surface area contributed by atoms with Gasteiger partial charge >= 0.3 is 6.09 Å². The van der Waals surface area contributed by atoms with Gasteiger partial charge in [0.25, 0.3) is 5.91 Å². The molecule has 0 bridgehead atoms. The maximum Gasteiger partial charge on any atom is 0.407 e. The van der Waals surface area contributed by atoms with Crippen LogP contribution in [-0.4, -0.2) is 43.4 Å². The fraction of sp³-hybridized carbons (Fsp3) is 0.500. The van der Waals surface area contributed by atoms with Gasteiger partial charge in [0, 0.05) is 24.2 Å². The molecule has 0 aromatic heterocycles. The molecule has 0 aliphatic carbocycles. The van der Waals surface area contributed by atoms with Gasteiger partial charge < -0.3 is 10.1 Å². The molecule has 2 amide bonds. The molecule has 1 unspecified atom stereocenters. The Morgan fingerprint density at radius 1 is 1.38 bits per heavy atom. The number of ether oxygens (including phenoxy) is 1. The molecule has 0 radical (unpaired) electrons. The van der Waals surface area contributed by atoms with E-state index in [0.29, 0.717) is 0 Å². The van der Waals surface area contributed by atoms with E-state index in [9.17, 15) is 14.0 Å². The van der Waals surface area contributed by atoms with Crippen molar-refractivity contribution in [3.8, 4) is 0 Å². The van der Waals surface area contributed by atoms with E-state index in [2.05, 4.69) is 5.32 Å². The Balaban J connectivity index is 3.01. The number of benzene rings is 1. The molecule has 0 aliphatic heterocycles. The van der Waals surface area contributed by atoms with Gasteiger partial charge in [-0.3, -0.25) is 9.63 Å². The standard InChI is InChI=1S/C16H22ClFN2O4/c1-16(2,3)24-15(22)19-9-12(14(21)20(4)23-5)11-8-10(17)6-7-13(11)18/h6-8,12H,9H2,1-5H3,(H,19,22). The van der Waals surface area contributed by atoms with Gasteiger partial charge in [-0.25, -0.2) is 14.2 Å². The van der Waals surface area contributed by atoms with Crippen molar-refractivity contribution in [2.45, 2.75) is 32.3 Å². The lowest BCUT2D eigenvalue weighted by molar-refractivity contribution is -0.170. The minimum absolute atomic E-state index is 0.0625. The number of likely N-dealkylation sites (N-methyl/N-ethyl adjacent to an activating group) is 1. The third kappa shape index (κ3) is 5.98. The average Bonchev–Trinajstić information content (AvgIpc) is 2.47. The van der Waals surface area contributed by atoms with Crippen molar-refractivity contribution < 1.29 is 23.6 Å². The number of hydrogen-bond acceptors (Lipinski definition) is 4. The highest BCUT2D eigenvalue weighted by Crippen LogP contribution is 2.24. The van der Waals surface area contributed by atoms with Gasteiger partial charge in [-0.15, -0.1) is 0 Å². The van der Waals surface area contributed by atoms with E-state index in [-0.39, 0.29) is 17.1 Å². The Hall–Kier alpha value is -1.86. The summed E-state index contributed by atoms with van der Waals surface area (Å²) in [6.07, 6.45) is -0.706. The van der Waals surface area contributed by atoms with Crippen LogP contribution in [0.3, 0.4) is 0 Å². The van der Waals surface area contributed by atoms with Crippen molar-refractivity contribution in [2.75, 3.05) is 20.7 Å². The molecule has 0 heterocycles. The second kappa shape index (κ2) is 8.30. The zero-order valence-electron chi connectivity index (χ0n) is 14.4. The molecule has 1 atom stereocenters. The van der Waals surface area contributed by atoms with E-state index in [1.165, 1.54) is 26.3 Å². The zero-order valence-corrected chi connectivity index (χ0v) is 15.1. The van der Waals surface area contributed by atoms with Crippen LogP contribution >= 0.6 is 11.6 Å². The monoisotopic (exact) mass is 360 g/mol. The van der Waals surface area contributed by atoms with Crippen molar-refractivity contribution in [3.05, 3.63) is 34.6 Å². The second-order valence-electron chi connectivity index (χ2n) is 6.12. The first-order valence-corrected chi connectivity index (χ1v) is 7.66. The molecular formula is C16H22ClFN2O4. The summed E-state index contributed by atoms with van der Waals surface area (Å²) < 4.78 is 19.2. The summed E-state index contributed by atoms with van der Waals surface area (Å²) in [6, 6.07) is 3.89. The average molecular weight is 361 g/mol. The normalized spacial score (nSPS) is 12.5. The fourth-order valence-corrected chi connectivity index (χ4v) is 2.10. The van der Waals surface area contributed by atoms with Crippen LogP contribution in [0.15, 0.2) is 18.2 Å². The van der Waals surface area contributed by atoms with Crippen molar-refractivity contribution in [3.63, 3.8) is 0 Å². The van der Waals surface area contributed by atoms with Gasteiger partial charge in [-0.05, 0) is 39.0 Å². The molecule has 0 aliphatic rings. The number of carbonyl (C=O) groups is 2. The van der Waals surface area contributed by atoms with E-state index in [4.69, 9.17) is 21.2 Å². The van der Waals surface area contributed by atoms with Crippen molar-refractivity contribution in [2.24, 2.45) is 0 Å². The van der Waals surface area contributed by atoms with Crippen LogP contribution in [0.4, 0.5) is 9.18 Å². The third-order valence-corrected chi connectivity index (χ3v) is 3.30. The number of hydroxylamine groups is 2. The summed E-state index contributed by atoms with van der Waals surface area (Å²) in [6.45, 7) is 4.97. The van der Waals surface area contributed by atoms with E-state index in [0.717, 1.165) is 11.1 Å². The number of halogens is 2. The summed E-state index contributed by atoms with van der Waals surface area (Å²) in [7, 11) is 2.70. The smallest absolute Gasteiger partial charge is 0.407 e. The van der Waals surface area contributed by atoms with Crippen molar-refractivity contribution >= 4 is 23.6 Å². The minimum Gasteiger partial charge on any atom is -0.444 e. The predicted octanol–water partition coefficient (Wildman–Crippen LogP) is 3.11. The predicted molar refractivity (Wildman–Crippen MR) is 88.2 cm³/mol. The van der Waals surface area contributed by atoms with Gasteiger partial charge in [0.1, 0.15) is 11.4 Å². The van der Waals surface area contributed by atoms with Crippen LogP contribution in [-0.2, 0) is 14.4 Å². The lowest BCUT2D eigenvalue weighted by Crippen LogP contribution is -2.40. The van der Waals surface area contributed by atoms with Crippen LogP contribution < -0.4 is 5.32 Å². The Bertz CT molecular complexity index is 604. The number of nitrogens with zero attached hydrogens (tertiary/aromatic N) is 1. The third-order valence-electron chi connectivity index (χ3n) is 3.07. The number of nitrogens with one attached hydrogen (secondary N) is 1. The zero-order chi connectivity index (χ0) is 18.5. The van der Waals surface area contributed by atoms with Crippen LogP contribution in [0.25, 0.3) is 0 Å². The van der Waals surface area contributed by atoms with Crippen molar-refractivity contribution in [1.82, 2.24) is 10.4 Å². The highest BCUT2D eigenvalue weighted by Gasteiger charge is 2.28. The van der Waals surface area contributed by atoms with E-state index in [1.807, 2.05) is 0 Å². The summed E-state index contributed by atoms with van der Waals surface area (Å²) in [4.78, 5) is 29.1. The molecule has 1 N–H and O–H groups in total. The first-order chi connectivity index (χ1) is 11.0. The van der Waals surface area contributed by atoms with Crippen LogP contribution in [0.2, 0.25) is 5.02 Å². The van der Waals surface area contributed by atoms with Crippen LogP contribution in [0.1, 0.15) is 32.3 Å². The Morgan fingerprint density at radius 2 is 2.00 bits per heavy atom. The molecule has 0 fully saturated rings. The molecule has 24 heavy (non-hydrogen) atoms. The Labute approximate surface area is 145 Å². The summed E-state index contributed by atoms with van der Waals surface area (Å²) in [5.74, 6) is -2.15. The summed E-state index contributed by atoms with van der Waals surface area (Å²) in [5.41, 5.74) is -0.624. The van der Waals surface area contributed by atoms with Crippen LogP contribution in [0, 0.1) is 5.82 Å². The molecular weight excluding hydrogens is 339 g/mol. The highest BCUT2D eigenvalue weighted by molar-refractivity contribution is 6.30. The largest absolute Gasteiger partial charge is 0.444 e. The van der Waals surface area contributed by atoms with Crippen LogP contribution in [0.5, 0.6) is 0 Å². The number of hydrogen-bond donors (Lipinski definition) is 1. The topological polar surface area (TPSA) is 67.9 Å². The number of alkyl carbamates (subject to hydrolysis) is 1. The Kier molecular flexibility index (Phi) is 6.98. The highest BCUT2D eigenvalue weighted by atomic mass is 35.5. The van der Waals surface area contributed by atoms with E-state index in [1.54, 1.807) is 20.8 Å². The number of rotatable bonds is 5. The first-order valence-electron chi connectivity index (χ1n) is 7.28. The molecule has 134 valence electrons. The fourth-order valence-electron chi connectivity index (χ4n) is 1.92. The van der Waals surface area contributed by atoms with Gasteiger partial charge in [0.15, 0.2) is 0 Å². The molecule has 0 saturated heterocycles. The van der Waals surface area contributed by atoms with Gasteiger partial charge in [-0.1, -0.05) is 11.6 Å². The van der Waals surface area contributed by atoms with Gasteiger partial charge in [-0.2, -0.15) is 0 Å². The van der Waals surface area contributed by atoms with E-state index < -0.39 is 29.3 Å². The lowest BCUT2D eigenvalue weighted by atomic mass is 9.97. The number of carbonyl (C=O) groups excluding carboxylic acids is 2. The molecule has 1 aromatic rings. The Morgan fingerprint density at radius 3 is 2.54 bits per heavy atom. The summed E-state index contributed by atoms with van der Waals surface area (Å²) >= 11 is 5.89. The molecule has 6 nitrogen and oxygen atoms in total. The quantitative estimate of drug-likeness (QED) is 0.819. The summed E-state index contributed by atoms with van der Waals surface area (Å²) in [5, 5.41) is 3.71. The molecule has 0 saturated carbocycles. The maximum atomic E-state index is 14.1. The van der Waals surface area contributed by atoms with Crippen molar-refractivity contribution in [1.29, 1.82) is 0 Å².